The quantitative estimate of drug-likeness (QED) is 0.930. The molecule has 3 rings (SSSR count). The second-order valence-electron chi connectivity index (χ2n) is 7.50. The van der Waals surface area contributed by atoms with Crippen molar-refractivity contribution >= 4 is 16.5 Å². The van der Waals surface area contributed by atoms with Gasteiger partial charge in [0.25, 0.3) is 0 Å². The highest BCUT2D eigenvalue weighted by molar-refractivity contribution is 7.15. The molecule has 3 heterocycles. The van der Waals surface area contributed by atoms with E-state index in [9.17, 15) is 0 Å². The summed E-state index contributed by atoms with van der Waals surface area (Å²) in [7, 11) is 2.30. The largest absolute Gasteiger partial charge is 0.346 e. The molecule has 2 bridgehead atoms. The van der Waals surface area contributed by atoms with E-state index in [1.807, 2.05) is 17.5 Å². The van der Waals surface area contributed by atoms with Gasteiger partial charge in [0, 0.05) is 48.3 Å². The maximum absolute atomic E-state index is 4.68. The molecule has 2 unspecified atom stereocenters. The predicted octanol–water partition coefficient (Wildman–Crippen LogP) is 2.70. The highest BCUT2D eigenvalue weighted by Crippen LogP contribution is 2.32. The number of nitrogens with zero attached hydrogens (tertiary/aromatic N) is 3. The fourth-order valence-electron chi connectivity index (χ4n) is 3.36. The van der Waals surface area contributed by atoms with Gasteiger partial charge in [0.2, 0.25) is 0 Å². The zero-order valence-electron chi connectivity index (χ0n) is 13.7. The Bertz CT molecular complexity index is 479. The average molecular weight is 308 g/mol. The normalized spacial score (nSPS) is 27.1. The number of anilines is 1. The van der Waals surface area contributed by atoms with Gasteiger partial charge in [0.05, 0.1) is 0 Å². The number of nitrogens with one attached hydrogen (secondary N) is 1. The number of rotatable bonds is 3. The molecule has 1 N–H and O–H groups in total. The van der Waals surface area contributed by atoms with E-state index in [0.29, 0.717) is 0 Å². The van der Waals surface area contributed by atoms with E-state index in [4.69, 9.17) is 0 Å². The van der Waals surface area contributed by atoms with Crippen LogP contribution >= 0.6 is 11.3 Å². The van der Waals surface area contributed by atoms with E-state index >= 15 is 0 Å². The monoisotopic (exact) mass is 308 g/mol. The lowest BCUT2D eigenvalue weighted by atomic mass is 10.1. The van der Waals surface area contributed by atoms with Crippen LogP contribution in [0.3, 0.4) is 0 Å². The minimum Gasteiger partial charge on any atom is -0.346 e. The fourth-order valence-corrected chi connectivity index (χ4v) is 4.24. The van der Waals surface area contributed by atoms with Crippen molar-refractivity contribution in [2.45, 2.75) is 64.2 Å². The minimum absolute atomic E-state index is 0.161. The summed E-state index contributed by atoms with van der Waals surface area (Å²) in [5.74, 6) is 0. The van der Waals surface area contributed by atoms with E-state index in [1.54, 1.807) is 0 Å². The van der Waals surface area contributed by atoms with Crippen LogP contribution in [0.25, 0.3) is 0 Å². The third-order valence-corrected chi connectivity index (χ3v) is 5.81. The molecule has 1 aromatic rings. The summed E-state index contributed by atoms with van der Waals surface area (Å²) in [6.07, 6.45) is 6.06. The van der Waals surface area contributed by atoms with Crippen molar-refractivity contribution in [1.82, 2.24) is 15.2 Å². The average Bonchev–Trinajstić information content (AvgIpc) is 2.93. The lowest BCUT2D eigenvalue weighted by Gasteiger charge is -2.25. The molecule has 2 saturated heterocycles. The molecule has 2 aliphatic rings. The lowest BCUT2D eigenvalue weighted by Crippen LogP contribution is -2.36. The Hall–Kier alpha value is -0.650. The topological polar surface area (TPSA) is 31.4 Å². The first-order chi connectivity index (χ1) is 9.92. The summed E-state index contributed by atoms with van der Waals surface area (Å²) in [5, 5.41) is 4.75. The number of thiazole rings is 1. The Kier molecular flexibility index (Phi) is 4.26. The van der Waals surface area contributed by atoms with Crippen LogP contribution in [0.15, 0.2) is 6.20 Å². The maximum Gasteiger partial charge on any atom is 0.185 e. The highest BCUT2D eigenvalue weighted by atomic mass is 32.1. The predicted molar refractivity (Wildman–Crippen MR) is 90.1 cm³/mol. The molecule has 4 nitrogen and oxygen atoms in total. The Morgan fingerprint density at radius 2 is 2.05 bits per heavy atom. The SMILES string of the molecule is CN1C2CCC1CN(c1ncc(CNC(C)(C)C)s1)CC2. The van der Waals surface area contributed by atoms with Crippen LogP contribution in [0, 0.1) is 0 Å². The smallest absolute Gasteiger partial charge is 0.185 e. The van der Waals surface area contributed by atoms with Crippen LogP contribution in [-0.2, 0) is 6.54 Å². The Morgan fingerprint density at radius 1 is 1.29 bits per heavy atom. The molecule has 2 fully saturated rings. The molecule has 2 atom stereocenters. The number of hydrogen-bond donors (Lipinski definition) is 1. The van der Waals surface area contributed by atoms with Crippen LogP contribution in [0.4, 0.5) is 5.13 Å². The van der Waals surface area contributed by atoms with Gasteiger partial charge in [0.15, 0.2) is 5.13 Å². The Morgan fingerprint density at radius 3 is 2.81 bits per heavy atom. The summed E-state index contributed by atoms with van der Waals surface area (Å²) in [6.45, 7) is 9.84. The van der Waals surface area contributed by atoms with E-state index in [-0.39, 0.29) is 5.54 Å². The zero-order valence-corrected chi connectivity index (χ0v) is 14.5. The van der Waals surface area contributed by atoms with Crippen LogP contribution < -0.4 is 10.2 Å². The van der Waals surface area contributed by atoms with Gasteiger partial charge in [-0.15, -0.1) is 11.3 Å². The van der Waals surface area contributed by atoms with Gasteiger partial charge in [-0.2, -0.15) is 0 Å². The van der Waals surface area contributed by atoms with Crippen molar-refractivity contribution in [1.29, 1.82) is 0 Å². The summed E-state index contributed by atoms with van der Waals surface area (Å²) < 4.78 is 0. The van der Waals surface area contributed by atoms with Crippen molar-refractivity contribution in [2.75, 3.05) is 25.0 Å². The van der Waals surface area contributed by atoms with E-state index < -0.39 is 0 Å². The first-order valence-electron chi connectivity index (χ1n) is 8.09. The number of fused-ring (bicyclic) bond motifs is 2. The molecule has 21 heavy (non-hydrogen) atoms. The second kappa shape index (κ2) is 5.86. The summed E-state index contributed by atoms with van der Waals surface area (Å²) in [5.41, 5.74) is 0.161. The molecule has 0 aliphatic carbocycles. The van der Waals surface area contributed by atoms with Gasteiger partial charge in [0.1, 0.15) is 0 Å². The highest BCUT2D eigenvalue weighted by Gasteiger charge is 2.35. The number of hydrogen-bond acceptors (Lipinski definition) is 5. The van der Waals surface area contributed by atoms with E-state index in [1.165, 1.54) is 29.3 Å². The third kappa shape index (κ3) is 3.58. The van der Waals surface area contributed by atoms with Crippen molar-refractivity contribution in [3.05, 3.63) is 11.1 Å². The van der Waals surface area contributed by atoms with Gasteiger partial charge in [-0.3, -0.25) is 4.90 Å². The van der Waals surface area contributed by atoms with Gasteiger partial charge in [-0.25, -0.2) is 4.98 Å². The molecule has 0 aromatic carbocycles. The van der Waals surface area contributed by atoms with Crippen molar-refractivity contribution < 1.29 is 0 Å². The molecule has 118 valence electrons. The molecule has 0 saturated carbocycles. The Balaban J connectivity index is 1.63. The summed E-state index contributed by atoms with van der Waals surface area (Å²) in [6, 6.07) is 1.51. The van der Waals surface area contributed by atoms with Gasteiger partial charge in [-0.1, -0.05) is 0 Å². The summed E-state index contributed by atoms with van der Waals surface area (Å²) in [4.78, 5) is 11.1. The number of likely N-dealkylation sites (N-methyl/N-ethyl adjacent to an activating group) is 1. The minimum atomic E-state index is 0.161. The molecule has 0 amide bonds. The molecule has 5 heteroatoms. The zero-order chi connectivity index (χ0) is 15.0. The van der Waals surface area contributed by atoms with Crippen molar-refractivity contribution in [3.63, 3.8) is 0 Å². The second-order valence-corrected chi connectivity index (χ2v) is 8.59. The molecule has 0 spiro atoms. The van der Waals surface area contributed by atoms with E-state index in [2.05, 4.69) is 47.9 Å². The van der Waals surface area contributed by atoms with E-state index in [0.717, 1.165) is 31.7 Å². The summed E-state index contributed by atoms with van der Waals surface area (Å²) >= 11 is 1.85. The number of aromatic nitrogens is 1. The first kappa shape index (κ1) is 15.3. The van der Waals surface area contributed by atoms with Gasteiger partial charge < -0.3 is 10.2 Å². The Labute approximate surface area is 132 Å². The van der Waals surface area contributed by atoms with Crippen LogP contribution in [0.5, 0.6) is 0 Å². The van der Waals surface area contributed by atoms with Crippen LogP contribution in [0.2, 0.25) is 0 Å². The lowest BCUT2D eigenvalue weighted by molar-refractivity contribution is 0.254. The molecule has 2 aliphatic heterocycles. The van der Waals surface area contributed by atoms with Crippen molar-refractivity contribution in [3.8, 4) is 0 Å². The van der Waals surface area contributed by atoms with Crippen LogP contribution in [-0.4, -0.2) is 47.6 Å². The molecular weight excluding hydrogens is 280 g/mol. The maximum atomic E-state index is 4.68. The van der Waals surface area contributed by atoms with Gasteiger partial charge in [-0.05, 0) is 47.1 Å². The van der Waals surface area contributed by atoms with Crippen molar-refractivity contribution in [2.24, 2.45) is 0 Å². The first-order valence-corrected chi connectivity index (χ1v) is 8.90. The molecule has 0 radical (unpaired) electrons. The van der Waals surface area contributed by atoms with Crippen LogP contribution in [0.1, 0.15) is 44.9 Å². The standard InChI is InChI=1S/C16H28N4S/c1-16(2,3)18-10-14-9-17-15(21-14)20-8-7-12-5-6-13(11-20)19(12)4/h9,12-13,18H,5-8,10-11H2,1-4H3. The van der Waals surface area contributed by atoms with Gasteiger partial charge >= 0.3 is 0 Å². The third-order valence-electron chi connectivity index (χ3n) is 4.75. The molecular formula is C16H28N4S. The fraction of sp³-hybridized carbons (Fsp3) is 0.812. The molecule has 1 aromatic heterocycles.